The van der Waals surface area contributed by atoms with E-state index in [4.69, 9.17) is 4.74 Å². The number of carbonyl (C=O) groups is 2. The van der Waals surface area contributed by atoms with Crippen LogP contribution in [-0.2, 0) is 19.6 Å². The van der Waals surface area contributed by atoms with Gasteiger partial charge in [0.25, 0.3) is 5.91 Å². The molecule has 1 aromatic carbocycles. The van der Waals surface area contributed by atoms with Crippen LogP contribution in [-0.4, -0.2) is 61.8 Å². The van der Waals surface area contributed by atoms with Crippen molar-refractivity contribution < 1.29 is 22.7 Å². The van der Waals surface area contributed by atoms with Crippen molar-refractivity contribution in [3.05, 3.63) is 29.8 Å². The van der Waals surface area contributed by atoms with Crippen molar-refractivity contribution in [1.82, 2.24) is 9.21 Å². The molecule has 1 amide bonds. The van der Waals surface area contributed by atoms with E-state index >= 15 is 0 Å². The van der Waals surface area contributed by atoms with Crippen LogP contribution in [0.5, 0.6) is 0 Å². The molecule has 0 aliphatic carbocycles. The number of ether oxygens (including phenoxy) is 1. The van der Waals surface area contributed by atoms with Gasteiger partial charge in [-0.3, -0.25) is 4.79 Å². The fourth-order valence-corrected chi connectivity index (χ4v) is 5.40. The van der Waals surface area contributed by atoms with Crippen LogP contribution < -0.4 is 0 Å². The molecular formula is C20H28N2O5S. The van der Waals surface area contributed by atoms with Gasteiger partial charge in [-0.05, 0) is 62.8 Å². The molecule has 3 rings (SSSR count). The summed E-state index contributed by atoms with van der Waals surface area (Å²) in [6.07, 6.45) is 5.72. The first kappa shape index (κ1) is 20.8. The molecule has 1 aromatic rings. The van der Waals surface area contributed by atoms with E-state index in [2.05, 4.69) is 6.92 Å². The number of esters is 1. The van der Waals surface area contributed by atoms with Gasteiger partial charge in [0.05, 0.1) is 10.5 Å². The summed E-state index contributed by atoms with van der Waals surface area (Å²) in [5.74, 6) is -0.795. The summed E-state index contributed by atoms with van der Waals surface area (Å²) < 4.78 is 31.7. The first-order chi connectivity index (χ1) is 13.4. The second-order valence-corrected chi connectivity index (χ2v) is 9.29. The van der Waals surface area contributed by atoms with E-state index in [0.717, 1.165) is 38.5 Å². The molecule has 2 fully saturated rings. The van der Waals surface area contributed by atoms with Gasteiger partial charge in [0.1, 0.15) is 0 Å². The molecule has 0 radical (unpaired) electrons. The third kappa shape index (κ3) is 4.55. The molecule has 0 bridgehead atoms. The second kappa shape index (κ2) is 9.05. The van der Waals surface area contributed by atoms with Gasteiger partial charge in [-0.25, -0.2) is 13.2 Å². The largest absolute Gasteiger partial charge is 0.452 e. The van der Waals surface area contributed by atoms with Crippen molar-refractivity contribution in [3.8, 4) is 0 Å². The maximum absolute atomic E-state index is 12.5. The molecule has 154 valence electrons. The Bertz CT molecular complexity index is 800. The van der Waals surface area contributed by atoms with Crippen molar-refractivity contribution in [2.75, 3.05) is 26.2 Å². The normalized spacial score (nSPS) is 20.9. The molecule has 0 spiro atoms. The number of hydrogen-bond donors (Lipinski definition) is 0. The Labute approximate surface area is 166 Å². The lowest BCUT2D eigenvalue weighted by Crippen LogP contribution is -2.45. The SMILES string of the molecule is CC[C@H]1CCCCN1C(=O)COC(=O)c1ccc(S(=O)(=O)N2CCCC2)cc1. The Balaban J connectivity index is 1.58. The van der Waals surface area contributed by atoms with Gasteiger partial charge in [-0.1, -0.05) is 6.92 Å². The molecule has 2 saturated heterocycles. The molecule has 28 heavy (non-hydrogen) atoms. The van der Waals surface area contributed by atoms with Crippen molar-refractivity contribution in [1.29, 1.82) is 0 Å². The zero-order valence-corrected chi connectivity index (χ0v) is 17.1. The predicted octanol–water partition coefficient (Wildman–Crippen LogP) is 2.42. The molecule has 0 aromatic heterocycles. The fourth-order valence-electron chi connectivity index (χ4n) is 3.89. The summed E-state index contributed by atoms with van der Waals surface area (Å²) in [5.41, 5.74) is 0.235. The topological polar surface area (TPSA) is 84.0 Å². The highest BCUT2D eigenvalue weighted by Gasteiger charge is 2.28. The Morgan fingerprint density at radius 1 is 1.04 bits per heavy atom. The lowest BCUT2D eigenvalue weighted by atomic mass is 10.00. The summed E-state index contributed by atoms with van der Waals surface area (Å²) in [6.45, 7) is 3.54. The molecule has 7 nitrogen and oxygen atoms in total. The van der Waals surface area contributed by atoms with E-state index in [0.29, 0.717) is 19.6 Å². The number of likely N-dealkylation sites (tertiary alicyclic amines) is 1. The van der Waals surface area contributed by atoms with Crippen molar-refractivity contribution in [2.45, 2.75) is 56.4 Å². The molecule has 2 heterocycles. The molecule has 0 unspecified atom stereocenters. The number of hydrogen-bond acceptors (Lipinski definition) is 5. The van der Waals surface area contributed by atoms with E-state index in [1.807, 2.05) is 4.90 Å². The standard InChI is InChI=1S/C20H28N2O5S/c1-2-17-7-3-4-14-22(17)19(23)15-27-20(24)16-8-10-18(11-9-16)28(25,26)21-12-5-6-13-21/h8-11,17H,2-7,12-15H2,1H3/t17-/m0/s1. The average molecular weight is 409 g/mol. The molecular weight excluding hydrogens is 380 g/mol. The quantitative estimate of drug-likeness (QED) is 0.675. The van der Waals surface area contributed by atoms with E-state index in [-0.39, 0.29) is 29.0 Å². The fraction of sp³-hybridized carbons (Fsp3) is 0.600. The lowest BCUT2D eigenvalue weighted by molar-refractivity contribution is -0.138. The first-order valence-corrected chi connectivity index (χ1v) is 11.4. The number of rotatable bonds is 6. The van der Waals surface area contributed by atoms with Crippen LogP contribution in [0.4, 0.5) is 0 Å². The monoisotopic (exact) mass is 408 g/mol. The predicted molar refractivity (Wildman–Crippen MR) is 104 cm³/mol. The Morgan fingerprint density at radius 2 is 1.68 bits per heavy atom. The Hall–Kier alpha value is -1.93. The minimum absolute atomic E-state index is 0.168. The third-order valence-corrected chi connectivity index (χ3v) is 7.45. The van der Waals surface area contributed by atoms with Crippen LogP contribution in [0, 0.1) is 0 Å². The number of benzene rings is 1. The van der Waals surface area contributed by atoms with Crippen molar-refractivity contribution in [3.63, 3.8) is 0 Å². The number of amides is 1. The van der Waals surface area contributed by atoms with Gasteiger partial charge in [-0.15, -0.1) is 0 Å². The van der Waals surface area contributed by atoms with Gasteiger partial charge < -0.3 is 9.64 Å². The first-order valence-electron chi connectivity index (χ1n) is 10.0. The maximum atomic E-state index is 12.5. The summed E-state index contributed by atoms with van der Waals surface area (Å²) in [7, 11) is -3.51. The summed E-state index contributed by atoms with van der Waals surface area (Å²) in [6, 6.07) is 5.93. The van der Waals surface area contributed by atoms with Gasteiger partial charge in [0.2, 0.25) is 10.0 Å². The number of piperidine rings is 1. The van der Waals surface area contributed by atoms with E-state index in [1.54, 1.807) is 0 Å². The van der Waals surface area contributed by atoms with Crippen LogP contribution in [0.1, 0.15) is 55.8 Å². The van der Waals surface area contributed by atoms with Crippen LogP contribution in [0.25, 0.3) is 0 Å². The minimum Gasteiger partial charge on any atom is -0.452 e. The van der Waals surface area contributed by atoms with Crippen LogP contribution in [0.15, 0.2) is 29.2 Å². The summed E-state index contributed by atoms with van der Waals surface area (Å²) >= 11 is 0. The summed E-state index contributed by atoms with van der Waals surface area (Å²) in [4.78, 5) is 26.6. The van der Waals surface area contributed by atoms with Crippen LogP contribution in [0.3, 0.4) is 0 Å². The second-order valence-electron chi connectivity index (χ2n) is 7.36. The molecule has 0 N–H and O–H groups in total. The highest BCUT2D eigenvalue weighted by Crippen LogP contribution is 2.22. The van der Waals surface area contributed by atoms with Crippen LogP contribution >= 0.6 is 0 Å². The van der Waals surface area contributed by atoms with E-state index < -0.39 is 16.0 Å². The van der Waals surface area contributed by atoms with Gasteiger partial charge in [0, 0.05) is 25.7 Å². The molecule has 8 heteroatoms. The molecule has 2 aliphatic heterocycles. The number of carbonyl (C=O) groups excluding carboxylic acids is 2. The average Bonchev–Trinajstić information content (AvgIpc) is 3.27. The summed E-state index contributed by atoms with van der Waals surface area (Å²) in [5, 5.41) is 0. The van der Waals surface area contributed by atoms with E-state index in [1.165, 1.54) is 28.6 Å². The number of sulfonamides is 1. The lowest BCUT2D eigenvalue weighted by Gasteiger charge is -2.35. The smallest absolute Gasteiger partial charge is 0.338 e. The maximum Gasteiger partial charge on any atom is 0.338 e. The zero-order chi connectivity index (χ0) is 20.1. The van der Waals surface area contributed by atoms with Gasteiger partial charge in [-0.2, -0.15) is 4.31 Å². The minimum atomic E-state index is -3.51. The molecule has 0 saturated carbocycles. The Morgan fingerprint density at radius 3 is 2.32 bits per heavy atom. The van der Waals surface area contributed by atoms with E-state index in [9.17, 15) is 18.0 Å². The molecule has 1 atom stereocenters. The van der Waals surface area contributed by atoms with Gasteiger partial charge >= 0.3 is 5.97 Å². The highest BCUT2D eigenvalue weighted by atomic mass is 32.2. The van der Waals surface area contributed by atoms with Crippen molar-refractivity contribution >= 4 is 21.9 Å². The Kier molecular flexibility index (Phi) is 6.72. The third-order valence-electron chi connectivity index (χ3n) is 5.54. The number of nitrogens with zero attached hydrogens (tertiary/aromatic N) is 2. The highest BCUT2D eigenvalue weighted by molar-refractivity contribution is 7.89. The van der Waals surface area contributed by atoms with Crippen molar-refractivity contribution in [2.24, 2.45) is 0 Å². The van der Waals surface area contributed by atoms with Crippen LogP contribution in [0.2, 0.25) is 0 Å². The van der Waals surface area contributed by atoms with Gasteiger partial charge in [0.15, 0.2) is 6.61 Å². The zero-order valence-electron chi connectivity index (χ0n) is 16.3. The molecule has 2 aliphatic rings.